The Labute approximate surface area is 111 Å². The standard InChI is InChI=1S/C16H26N2/c1-11(2)14-7-15(12(3)4)9-16(8-14,13(5)6)18-10-17/h7-8,11-13,17H,9H2,1-6H3. The van der Waals surface area contributed by atoms with Crippen LogP contribution in [0.1, 0.15) is 48.0 Å². The fourth-order valence-corrected chi connectivity index (χ4v) is 2.35. The number of aliphatic imine (C=N–C) groups is 1. The Morgan fingerprint density at radius 1 is 1.17 bits per heavy atom. The minimum Gasteiger partial charge on any atom is -0.242 e. The summed E-state index contributed by atoms with van der Waals surface area (Å²) in [5.41, 5.74) is 2.52. The quantitative estimate of drug-likeness (QED) is 0.698. The van der Waals surface area contributed by atoms with Crippen LogP contribution in [0.4, 0.5) is 0 Å². The van der Waals surface area contributed by atoms with Crippen molar-refractivity contribution in [1.82, 2.24) is 0 Å². The Morgan fingerprint density at radius 3 is 2.17 bits per heavy atom. The van der Waals surface area contributed by atoms with Gasteiger partial charge in [0.1, 0.15) is 0 Å². The normalized spacial score (nSPS) is 24.1. The lowest BCUT2D eigenvalue weighted by Crippen LogP contribution is -2.34. The maximum absolute atomic E-state index is 7.24. The van der Waals surface area contributed by atoms with Gasteiger partial charge < -0.3 is 0 Å². The molecule has 100 valence electrons. The van der Waals surface area contributed by atoms with E-state index in [2.05, 4.69) is 64.7 Å². The molecule has 0 aromatic carbocycles. The van der Waals surface area contributed by atoms with Crippen molar-refractivity contribution in [2.45, 2.75) is 53.5 Å². The fraction of sp³-hybridized carbons (Fsp3) is 0.688. The summed E-state index contributed by atoms with van der Waals surface area (Å²) in [7, 11) is 0. The van der Waals surface area contributed by atoms with E-state index in [0.29, 0.717) is 17.8 Å². The van der Waals surface area contributed by atoms with E-state index in [1.807, 2.05) is 0 Å². The van der Waals surface area contributed by atoms with Gasteiger partial charge in [-0.1, -0.05) is 59.3 Å². The lowest BCUT2D eigenvalue weighted by Gasteiger charge is -2.36. The van der Waals surface area contributed by atoms with Crippen LogP contribution < -0.4 is 0 Å². The maximum Gasteiger partial charge on any atom is 0.0962 e. The molecule has 0 saturated heterocycles. The van der Waals surface area contributed by atoms with E-state index in [9.17, 15) is 0 Å². The second kappa shape index (κ2) is 5.67. The summed E-state index contributed by atoms with van der Waals surface area (Å²) in [6.07, 6.45) is 5.51. The van der Waals surface area contributed by atoms with Gasteiger partial charge in [-0.3, -0.25) is 0 Å². The summed E-state index contributed by atoms with van der Waals surface area (Å²) in [6.45, 7) is 13.2. The van der Waals surface area contributed by atoms with E-state index in [1.54, 1.807) is 0 Å². The monoisotopic (exact) mass is 246 g/mol. The predicted molar refractivity (Wildman–Crippen MR) is 78.2 cm³/mol. The van der Waals surface area contributed by atoms with Crippen molar-refractivity contribution < 1.29 is 0 Å². The third kappa shape index (κ3) is 3.00. The summed E-state index contributed by atoms with van der Waals surface area (Å²) in [6, 6.07) is 2.28. The summed E-state index contributed by atoms with van der Waals surface area (Å²) >= 11 is 0. The highest BCUT2D eigenvalue weighted by Crippen LogP contribution is 2.39. The van der Waals surface area contributed by atoms with E-state index in [0.717, 1.165) is 6.42 Å². The van der Waals surface area contributed by atoms with Gasteiger partial charge in [0.05, 0.1) is 11.5 Å². The van der Waals surface area contributed by atoms with Crippen LogP contribution in [-0.4, -0.2) is 11.5 Å². The van der Waals surface area contributed by atoms with Crippen LogP contribution in [-0.2, 0) is 0 Å². The molecule has 1 atom stereocenters. The van der Waals surface area contributed by atoms with E-state index >= 15 is 0 Å². The molecule has 0 heterocycles. The molecular formula is C16H26N2. The third-order valence-electron chi connectivity index (χ3n) is 3.93. The molecule has 1 unspecified atom stereocenters. The highest BCUT2D eigenvalue weighted by Gasteiger charge is 2.35. The van der Waals surface area contributed by atoms with Crippen LogP contribution in [0.3, 0.4) is 0 Å². The Bertz CT molecular complexity index is 407. The Kier molecular flexibility index (Phi) is 4.70. The van der Waals surface area contributed by atoms with Gasteiger partial charge in [0.2, 0.25) is 0 Å². The third-order valence-corrected chi connectivity index (χ3v) is 3.93. The zero-order valence-corrected chi connectivity index (χ0v) is 12.5. The van der Waals surface area contributed by atoms with E-state index in [4.69, 9.17) is 5.41 Å². The first-order valence-electron chi connectivity index (χ1n) is 6.89. The average Bonchev–Trinajstić information content (AvgIpc) is 2.28. The molecule has 0 amide bonds. The lowest BCUT2D eigenvalue weighted by molar-refractivity contribution is 0.367. The van der Waals surface area contributed by atoms with E-state index < -0.39 is 0 Å². The van der Waals surface area contributed by atoms with Crippen LogP contribution in [0.5, 0.6) is 0 Å². The van der Waals surface area contributed by atoms with E-state index in [-0.39, 0.29) is 5.54 Å². The predicted octanol–water partition coefficient (Wildman–Crippen LogP) is 4.70. The maximum atomic E-state index is 7.24. The molecule has 18 heavy (non-hydrogen) atoms. The van der Waals surface area contributed by atoms with Crippen LogP contribution in [0.15, 0.2) is 28.3 Å². The van der Waals surface area contributed by atoms with Gasteiger partial charge >= 0.3 is 0 Å². The van der Waals surface area contributed by atoms with Gasteiger partial charge in [-0.05, 0) is 29.7 Å². The number of rotatable bonds is 4. The van der Waals surface area contributed by atoms with Crippen LogP contribution >= 0.6 is 0 Å². The molecule has 2 heteroatoms. The smallest absolute Gasteiger partial charge is 0.0962 e. The second-order valence-electron chi connectivity index (χ2n) is 6.22. The minimum atomic E-state index is -0.268. The summed E-state index contributed by atoms with van der Waals surface area (Å²) in [4.78, 5) is 4.38. The van der Waals surface area contributed by atoms with Gasteiger partial charge in [-0.2, -0.15) is 0 Å². The summed E-state index contributed by atoms with van der Waals surface area (Å²) < 4.78 is 0. The van der Waals surface area contributed by atoms with Crippen molar-refractivity contribution in [2.24, 2.45) is 22.7 Å². The van der Waals surface area contributed by atoms with Crippen molar-refractivity contribution in [2.75, 3.05) is 0 Å². The van der Waals surface area contributed by atoms with Crippen molar-refractivity contribution in [1.29, 1.82) is 5.41 Å². The van der Waals surface area contributed by atoms with Crippen LogP contribution in [0, 0.1) is 23.2 Å². The molecular weight excluding hydrogens is 220 g/mol. The van der Waals surface area contributed by atoms with E-state index in [1.165, 1.54) is 11.1 Å². The van der Waals surface area contributed by atoms with Crippen LogP contribution in [0.25, 0.3) is 0 Å². The number of hydrogen-bond acceptors (Lipinski definition) is 2. The SMILES string of the molecule is CC(C)C1=CC(N=C=N)(C(C)C)CC(C(C)C)=C1. The zero-order valence-electron chi connectivity index (χ0n) is 12.5. The van der Waals surface area contributed by atoms with Gasteiger partial charge in [0, 0.05) is 0 Å². The highest BCUT2D eigenvalue weighted by atomic mass is 14.9. The molecule has 0 aromatic heterocycles. The van der Waals surface area contributed by atoms with Crippen molar-refractivity contribution >= 4 is 6.01 Å². The topological polar surface area (TPSA) is 36.2 Å². The highest BCUT2D eigenvalue weighted by molar-refractivity contribution is 5.44. The van der Waals surface area contributed by atoms with Gasteiger partial charge in [-0.25, -0.2) is 10.4 Å². The van der Waals surface area contributed by atoms with Gasteiger partial charge in [-0.15, -0.1) is 0 Å². The molecule has 1 N–H and O–H groups in total. The molecule has 0 radical (unpaired) electrons. The molecule has 0 aromatic rings. The largest absolute Gasteiger partial charge is 0.242 e. The molecule has 1 aliphatic carbocycles. The first-order chi connectivity index (χ1) is 8.32. The summed E-state index contributed by atoms with van der Waals surface area (Å²) in [5.74, 6) is 1.41. The molecule has 0 spiro atoms. The van der Waals surface area contributed by atoms with Crippen LogP contribution in [0.2, 0.25) is 0 Å². The first kappa shape index (κ1) is 14.9. The Balaban J connectivity index is 3.31. The number of hydrogen-bond donors (Lipinski definition) is 1. The molecule has 0 aliphatic heterocycles. The summed E-state index contributed by atoms with van der Waals surface area (Å²) in [5, 5.41) is 7.24. The molecule has 0 saturated carbocycles. The number of allylic oxidation sites excluding steroid dienone is 2. The Morgan fingerprint density at radius 2 is 1.78 bits per heavy atom. The second-order valence-corrected chi connectivity index (χ2v) is 6.22. The Hall–Kier alpha value is -1.14. The fourth-order valence-electron chi connectivity index (χ4n) is 2.35. The molecule has 2 nitrogen and oxygen atoms in total. The number of nitrogens with one attached hydrogen (secondary N) is 1. The number of nitrogens with zero attached hydrogens (tertiary/aromatic N) is 1. The molecule has 0 fully saturated rings. The minimum absolute atomic E-state index is 0.268. The molecule has 1 rings (SSSR count). The lowest BCUT2D eigenvalue weighted by atomic mass is 9.72. The molecule has 0 bridgehead atoms. The zero-order chi connectivity index (χ0) is 13.9. The van der Waals surface area contributed by atoms with Gasteiger partial charge in [0.25, 0.3) is 0 Å². The van der Waals surface area contributed by atoms with Crippen molar-refractivity contribution in [3.05, 3.63) is 23.3 Å². The van der Waals surface area contributed by atoms with Crippen molar-refractivity contribution in [3.63, 3.8) is 0 Å². The first-order valence-corrected chi connectivity index (χ1v) is 6.89. The van der Waals surface area contributed by atoms with Crippen molar-refractivity contribution in [3.8, 4) is 0 Å². The average molecular weight is 246 g/mol. The van der Waals surface area contributed by atoms with Gasteiger partial charge in [0.15, 0.2) is 0 Å². The molecule has 1 aliphatic rings.